The van der Waals surface area contributed by atoms with Gasteiger partial charge in [-0.1, -0.05) is 33.6 Å². The molecular formula is C13H15BrClN. The molecule has 1 heterocycles. The highest BCUT2D eigenvalue weighted by molar-refractivity contribution is 9.08. The summed E-state index contributed by atoms with van der Waals surface area (Å²) in [6, 6.07) is 7.25. The molecule has 2 atom stereocenters. The van der Waals surface area contributed by atoms with Gasteiger partial charge in [0.15, 0.2) is 0 Å². The Kier molecular flexibility index (Phi) is 2.88. The summed E-state index contributed by atoms with van der Waals surface area (Å²) < 4.78 is 0. The third-order valence-corrected chi connectivity index (χ3v) is 4.88. The molecule has 0 radical (unpaired) electrons. The lowest BCUT2D eigenvalue weighted by molar-refractivity contribution is 0.553. The van der Waals surface area contributed by atoms with E-state index in [0.717, 1.165) is 22.3 Å². The molecule has 1 aliphatic carbocycles. The van der Waals surface area contributed by atoms with Crippen LogP contribution in [0.1, 0.15) is 24.8 Å². The summed E-state index contributed by atoms with van der Waals surface area (Å²) in [6.07, 6.45) is 4.18. The summed E-state index contributed by atoms with van der Waals surface area (Å²) in [4.78, 5) is 2.54. The van der Waals surface area contributed by atoms with Crippen molar-refractivity contribution in [1.82, 2.24) is 0 Å². The molecule has 2 aliphatic rings. The van der Waals surface area contributed by atoms with Crippen LogP contribution in [0.3, 0.4) is 0 Å². The predicted molar refractivity (Wildman–Crippen MR) is 72.6 cm³/mol. The van der Waals surface area contributed by atoms with Crippen LogP contribution in [0, 0.1) is 5.92 Å². The van der Waals surface area contributed by atoms with Gasteiger partial charge in [-0.25, -0.2) is 0 Å². The summed E-state index contributed by atoms with van der Waals surface area (Å²) >= 11 is 9.70. The molecule has 1 saturated heterocycles. The average Bonchev–Trinajstić information content (AvgIpc) is 2.90. The van der Waals surface area contributed by atoms with E-state index in [9.17, 15) is 0 Å². The maximum absolute atomic E-state index is 6.25. The van der Waals surface area contributed by atoms with E-state index in [2.05, 4.69) is 39.0 Å². The second kappa shape index (κ2) is 4.23. The summed E-state index contributed by atoms with van der Waals surface area (Å²) in [5.41, 5.74) is 2.48. The van der Waals surface area contributed by atoms with E-state index >= 15 is 0 Å². The lowest BCUT2D eigenvalue weighted by atomic mass is 10.1. The standard InChI is InChI=1S/C13H15BrClN/c14-7-10-2-4-12(6-13(10)15)16-8-9-1-3-11(16)5-9/h2,4,6,9,11H,1,3,5,7-8H2. The first-order valence-corrected chi connectivity index (χ1v) is 7.39. The van der Waals surface area contributed by atoms with E-state index < -0.39 is 0 Å². The number of hydrogen-bond acceptors (Lipinski definition) is 1. The van der Waals surface area contributed by atoms with E-state index in [1.807, 2.05) is 0 Å². The van der Waals surface area contributed by atoms with E-state index in [4.69, 9.17) is 11.6 Å². The predicted octanol–water partition coefficient (Wildman–Crippen LogP) is 4.22. The molecule has 1 aromatic carbocycles. The molecule has 0 aromatic heterocycles. The first-order chi connectivity index (χ1) is 7.78. The number of anilines is 1. The zero-order chi connectivity index (χ0) is 11.1. The highest BCUT2D eigenvalue weighted by Gasteiger charge is 2.37. The number of halogens is 2. The minimum Gasteiger partial charge on any atom is -0.368 e. The van der Waals surface area contributed by atoms with Crippen molar-refractivity contribution in [2.24, 2.45) is 5.92 Å². The molecule has 3 heteroatoms. The number of rotatable bonds is 2. The zero-order valence-corrected chi connectivity index (χ0v) is 11.5. The van der Waals surface area contributed by atoms with Gasteiger partial charge in [0.2, 0.25) is 0 Å². The van der Waals surface area contributed by atoms with Crippen molar-refractivity contribution in [2.75, 3.05) is 11.4 Å². The third-order valence-electron chi connectivity index (χ3n) is 3.92. The molecule has 16 heavy (non-hydrogen) atoms. The Bertz CT molecular complexity index is 407. The van der Waals surface area contributed by atoms with Crippen molar-refractivity contribution < 1.29 is 0 Å². The molecule has 1 aliphatic heterocycles. The molecule has 0 amide bonds. The lowest BCUT2D eigenvalue weighted by Gasteiger charge is -2.29. The van der Waals surface area contributed by atoms with Crippen LogP contribution in [-0.2, 0) is 5.33 Å². The van der Waals surface area contributed by atoms with Crippen LogP contribution in [0.15, 0.2) is 18.2 Å². The molecular weight excluding hydrogens is 286 g/mol. The topological polar surface area (TPSA) is 3.24 Å². The Morgan fingerprint density at radius 1 is 1.38 bits per heavy atom. The van der Waals surface area contributed by atoms with Crippen molar-refractivity contribution in [3.8, 4) is 0 Å². The summed E-state index contributed by atoms with van der Waals surface area (Å²) in [7, 11) is 0. The molecule has 1 aromatic rings. The Morgan fingerprint density at radius 3 is 2.81 bits per heavy atom. The molecule has 2 unspecified atom stereocenters. The van der Waals surface area contributed by atoms with Crippen LogP contribution in [0.2, 0.25) is 5.02 Å². The first kappa shape index (κ1) is 10.9. The largest absolute Gasteiger partial charge is 0.368 e. The minimum atomic E-state index is 0.774. The monoisotopic (exact) mass is 299 g/mol. The maximum atomic E-state index is 6.25. The lowest BCUT2D eigenvalue weighted by Crippen LogP contribution is -2.31. The van der Waals surface area contributed by atoms with Crippen molar-refractivity contribution in [3.05, 3.63) is 28.8 Å². The average molecular weight is 301 g/mol. The Labute approximate surface area is 110 Å². The van der Waals surface area contributed by atoms with Gasteiger partial charge in [0.25, 0.3) is 0 Å². The van der Waals surface area contributed by atoms with Crippen molar-refractivity contribution in [2.45, 2.75) is 30.6 Å². The molecule has 0 N–H and O–H groups in total. The van der Waals surface area contributed by atoms with Crippen LogP contribution in [0.25, 0.3) is 0 Å². The third kappa shape index (κ3) is 1.76. The summed E-state index contributed by atoms with van der Waals surface area (Å²) in [5.74, 6) is 0.930. The second-order valence-corrected chi connectivity index (χ2v) is 5.86. The van der Waals surface area contributed by atoms with Gasteiger partial charge < -0.3 is 4.90 Å². The number of hydrogen-bond donors (Lipinski definition) is 0. The zero-order valence-electron chi connectivity index (χ0n) is 9.13. The highest BCUT2D eigenvalue weighted by atomic mass is 79.9. The summed E-state index contributed by atoms with van der Waals surface area (Å²) in [5, 5.41) is 1.72. The molecule has 1 saturated carbocycles. The van der Waals surface area contributed by atoms with Crippen molar-refractivity contribution in [1.29, 1.82) is 0 Å². The van der Waals surface area contributed by atoms with Crippen LogP contribution in [0.4, 0.5) is 5.69 Å². The van der Waals surface area contributed by atoms with Gasteiger partial charge in [-0.05, 0) is 42.9 Å². The van der Waals surface area contributed by atoms with Crippen LogP contribution in [-0.4, -0.2) is 12.6 Å². The molecule has 1 nitrogen and oxygen atoms in total. The fourth-order valence-electron chi connectivity index (χ4n) is 3.06. The second-order valence-electron chi connectivity index (χ2n) is 4.89. The Balaban J connectivity index is 1.87. The van der Waals surface area contributed by atoms with Gasteiger partial charge in [0.05, 0.1) is 0 Å². The first-order valence-electron chi connectivity index (χ1n) is 5.89. The van der Waals surface area contributed by atoms with Gasteiger partial charge in [-0.2, -0.15) is 0 Å². The summed E-state index contributed by atoms with van der Waals surface area (Å²) in [6.45, 7) is 1.23. The van der Waals surface area contributed by atoms with E-state index in [0.29, 0.717) is 0 Å². The molecule has 2 bridgehead atoms. The molecule has 3 rings (SSSR count). The SMILES string of the molecule is Clc1cc(N2CC3CCC2C3)ccc1CBr. The van der Waals surface area contributed by atoms with E-state index in [1.54, 1.807) is 0 Å². The van der Waals surface area contributed by atoms with E-state index in [-0.39, 0.29) is 0 Å². The number of alkyl halides is 1. The maximum Gasteiger partial charge on any atom is 0.0467 e. The fraction of sp³-hybridized carbons (Fsp3) is 0.538. The van der Waals surface area contributed by atoms with Crippen molar-refractivity contribution in [3.63, 3.8) is 0 Å². The van der Waals surface area contributed by atoms with E-state index in [1.165, 1.54) is 37.1 Å². The smallest absolute Gasteiger partial charge is 0.0467 e. The number of piperidine rings is 1. The Hall–Kier alpha value is -0.210. The van der Waals surface area contributed by atoms with Gasteiger partial charge in [0, 0.05) is 28.6 Å². The fourth-order valence-corrected chi connectivity index (χ4v) is 3.96. The quantitative estimate of drug-likeness (QED) is 0.739. The number of fused-ring (bicyclic) bond motifs is 2. The molecule has 0 spiro atoms. The molecule has 86 valence electrons. The highest BCUT2D eigenvalue weighted by Crippen LogP contribution is 2.41. The molecule has 2 fully saturated rings. The van der Waals surface area contributed by atoms with Crippen LogP contribution >= 0.6 is 27.5 Å². The van der Waals surface area contributed by atoms with Crippen molar-refractivity contribution >= 4 is 33.2 Å². The number of benzene rings is 1. The van der Waals surface area contributed by atoms with Gasteiger partial charge in [0.1, 0.15) is 0 Å². The van der Waals surface area contributed by atoms with Gasteiger partial charge >= 0.3 is 0 Å². The van der Waals surface area contributed by atoms with Crippen LogP contribution in [0.5, 0.6) is 0 Å². The van der Waals surface area contributed by atoms with Gasteiger partial charge in [-0.15, -0.1) is 0 Å². The Morgan fingerprint density at radius 2 is 2.25 bits per heavy atom. The van der Waals surface area contributed by atoms with Gasteiger partial charge in [-0.3, -0.25) is 0 Å². The number of nitrogens with zero attached hydrogens (tertiary/aromatic N) is 1. The van der Waals surface area contributed by atoms with Crippen LogP contribution < -0.4 is 4.90 Å². The normalized spacial score (nSPS) is 27.8. The minimum absolute atomic E-state index is 0.774.